The number of anilines is 1. The molecule has 0 saturated heterocycles. The number of rotatable bonds is 6. The molecular weight excluding hydrogens is 241 g/mol. The second-order valence-electron chi connectivity index (χ2n) is 3.04. The summed E-state index contributed by atoms with van der Waals surface area (Å²) in [6.07, 6.45) is -3.57. The summed E-state index contributed by atoms with van der Waals surface area (Å²) in [6, 6.07) is 0. The quantitative estimate of drug-likeness (QED) is 0.762. The van der Waals surface area contributed by atoms with Gasteiger partial charge >= 0.3 is 6.18 Å². The Hall–Kier alpha value is -0.890. The van der Waals surface area contributed by atoms with Gasteiger partial charge in [0.2, 0.25) is 10.1 Å². The average molecular weight is 254 g/mol. The van der Waals surface area contributed by atoms with Gasteiger partial charge in [-0.15, -0.1) is 10.2 Å². The molecule has 0 radical (unpaired) electrons. The molecule has 1 aromatic heterocycles. The van der Waals surface area contributed by atoms with Gasteiger partial charge in [-0.3, -0.25) is 0 Å². The van der Waals surface area contributed by atoms with Crippen molar-refractivity contribution < 1.29 is 13.2 Å². The van der Waals surface area contributed by atoms with Gasteiger partial charge in [0.15, 0.2) is 0 Å². The van der Waals surface area contributed by atoms with Gasteiger partial charge in [-0.25, -0.2) is 0 Å². The standard InChI is InChI=1S/C8H13F3N4S/c1-2-12-4-3-5-13-7-15-14-6(16-7)8(9,10)11/h12H,2-5H2,1H3,(H,13,15). The second-order valence-corrected chi connectivity index (χ2v) is 4.02. The van der Waals surface area contributed by atoms with Crippen LogP contribution in [0.4, 0.5) is 18.3 Å². The highest BCUT2D eigenvalue weighted by Gasteiger charge is 2.35. The monoisotopic (exact) mass is 254 g/mol. The van der Waals surface area contributed by atoms with Crippen LogP contribution in [0.15, 0.2) is 0 Å². The third kappa shape index (κ3) is 4.31. The number of nitrogens with zero attached hydrogens (tertiary/aromatic N) is 2. The van der Waals surface area contributed by atoms with E-state index in [4.69, 9.17) is 0 Å². The van der Waals surface area contributed by atoms with Crippen molar-refractivity contribution in [3.63, 3.8) is 0 Å². The minimum Gasteiger partial charge on any atom is -0.360 e. The Bertz CT molecular complexity index is 312. The first kappa shape index (κ1) is 13.2. The van der Waals surface area contributed by atoms with E-state index in [1.165, 1.54) is 0 Å². The van der Waals surface area contributed by atoms with Gasteiger partial charge in [0, 0.05) is 6.54 Å². The summed E-state index contributed by atoms with van der Waals surface area (Å²) < 4.78 is 36.5. The van der Waals surface area contributed by atoms with Gasteiger partial charge < -0.3 is 10.6 Å². The number of hydrogen-bond acceptors (Lipinski definition) is 5. The Kier molecular flexibility index (Phi) is 4.94. The Balaban J connectivity index is 2.30. The van der Waals surface area contributed by atoms with Gasteiger partial charge in [0.25, 0.3) is 0 Å². The fourth-order valence-electron chi connectivity index (χ4n) is 0.995. The molecule has 92 valence electrons. The van der Waals surface area contributed by atoms with Crippen molar-refractivity contribution in [3.8, 4) is 0 Å². The molecular formula is C8H13F3N4S. The summed E-state index contributed by atoms with van der Waals surface area (Å²) in [5, 5.41) is 11.7. The predicted molar refractivity (Wildman–Crippen MR) is 56.6 cm³/mol. The first-order valence-corrected chi connectivity index (χ1v) is 5.71. The van der Waals surface area contributed by atoms with E-state index in [0.717, 1.165) is 19.5 Å². The summed E-state index contributed by atoms with van der Waals surface area (Å²) >= 11 is 0.525. The van der Waals surface area contributed by atoms with Crippen molar-refractivity contribution >= 4 is 16.5 Å². The van der Waals surface area contributed by atoms with Crippen LogP contribution in [0.2, 0.25) is 0 Å². The summed E-state index contributed by atoms with van der Waals surface area (Å²) in [5.41, 5.74) is 0. The van der Waals surface area contributed by atoms with E-state index in [-0.39, 0.29) is 5.13 Å². The molecule has 16 heavy (non-hydrogen) atoms. The zero-order valence-electron chi connectivity index (χ0n) is 8.76. The van der Waals surface area contributed by atoms with E-state index in [2.05, 4.69) is 20.8 Å². The van der Waals surface area contributed by atoms with Crippen molar-refractivity contribution in [1.29, 1.82) is 0 Å². The number of hydrogen-bond donors (Lipinski definition) is 2. The Morgan fingerprint density at radius 1 is 1.25 bits per heavy atom. The summed E-state index contributed by atoms with van der Waals surface area (Å²) in [4.78, 5) is 0. The minimum atomic E-state index is -4.40. The molecule has 4 nitrogen and oxygen atoms in total. The fourth-order valence-corrected chi connectivity index (χ4v) is 1.63. The van der Waals surface area contributed by atoms with Crippen LogP contribution >= 0.6 is 11.3 Å². The third-order valence-corrected chi connectivity index (χ3v) is 2.65. The molecule has 0 saturated carbocycles. The second kappa shape index (κ2) is 6.00. The van der Waals surface area contributed by atoms with Gasteiger partial charge in [0.05, 0.1) is 0 Å². The van der Waals surface area contributed by atoms with Crippen molar-refractivity contribution in [1.82, 2.24) is 15.5 Å². The molecule has 0 unspecified atom stereocenters. The molecule has 1 aromatic rings. The zero-order valence-corrected chi connectivity index (χ0v) is 9.58. The van der Waals surface area contributed by atoms with Crippen LogP contribution in [-0.4, -0.2) is 29.8 Å². The van der Waals surface area contributed by atoms with Crippen LogP contribution in [0.25, 0.3) is 0 Å². The predicted octanol–water partition coefficient (Wildman–Crippen LogP) is 1.97. The van der Waals surface area contributed by atoms with Crippen molar-refractivity contribution in [2.24, 2.45) is 0 Å². The zero-order chi connectivity index (χ0) is 12.0. The van der Waals surface area contributed by atoms with Crippen molar-refractivity contribution in [3.05, 3.63) is 5.01 Å². The molecule has 0 aliphatic rings. The topological polar surface area (TPSA) is 49.8 Å². The normalized spacial score (nSPS) is 11.8. The Labute approximate surface area is 95.3 Å². The first-order chi connectivity index (χ1) is 7.54. The largest absolute Gasteiger partial charge is 0.445 e. The van der Waals surface area contributed by atoms with Crippen LogP contribution in [0.3, 0.4) is 0 Å². The van der Waals surface area contributed by atoms with Crippen LogP contribution in [0.5, 0.6) is 0 Å². The summed E-state index contributed by atoms with van der Waals surface area (Å²) in [6.45, 7) is 4.29. The number of aromatic nitrogens is 2. The lowest BCUT2D eigenvalue weighted by Crippen LogP contribution is -2.17. The van der Waals surface area contributed by atoms with Crippen molar-refractivity contribution in [2.75, 3.05) is 25.0 Å². The molecule has 0 aliphatic carbocycles. The van der Waals surface area contributed by atoms with E-state index >= 15 is 0 Å². The van der Waals surface area contributed by atoms with Crippen LogP contribution in [0.1, 0.15) is 18.4 Å². The molecule has 1 rings (SSSR count). The van der Waals surface area contributed by atoms with E-state index < -0.39 is 11.2 Å². The molecule has 2 N–H and O–H groups in total. The molecule has 0 aromatic carbocycles. The highest BCUT2D eigenvalue weighted by molar-refractivity contribution is 7.15. The van der Waals surface area contributed by atoms with Crippen LogP contribution in [-0.2, 0) is 6.18 Å². The van der Waals surface area contributed by atoms with Crippen LogP contribution < -0.4 is 10.6 Å². The van der Waals surface area contributed by atoms with E-state index in [1.807, 2.05) is 6.92 Å². The molecule has 0 fully saturated rings. The van der Waals surface area contributed by atoms with Crippen LogP contribution in [0, 0.1) is 0 Å². The minimum absolute atomic E-state index is 0.212. The molecule has 0 spiro atoms. The number of nitrogens with one attached hydrogen (secondary N) is 2. The van der Waals surface area contributed by atoms with E-state index in [1.54, 1.807) is 0 Å². The maximum absolute atomic E-state index is 12.2. The third-order valence-electron chi connectivity index (χ3n) is 1.72. The highest BCUT2D eigenvalue weighted by atomic mass is 32.1. The van der Waals surface area contributed by atoms with Gasteiger partial charge in [-0.1, -0.05) is 18.3 Å². The number of halogens is 3. The summed E-state index contributed by atoms with van der Waals surface area (Å²) in [7, 11) is 0. The lowest BCUT2D eigenvalue weighted by Gasteiger charge is -2.02. The maximum Gasteiger partial charge on any atom is 0.445 e. The van der Waals surface area contributed by atoms with Crippen molar-refractivity contribution in [2.45, 2.75) is 19.5 Å². The molecule has 0 bridgehead atoms. The SMILES string of the molecule is CCNCCCNc1nnc(C(F)(F)F)s1. The van der Waals surface area contributed by atoms with Gasteiger partial charge in [-0.05, 0) is 19.5 Å². The number of alkyl halides is 3. The molecule has 0 aliphatic heterocycles. The Morgan fingerprint density at radius 2 is 2.00 bits per heavy atom. The Morgan fingerprint density at radius 3 is 2.56 bits per heavy atom. The molecule has 0 atom stereocenters. The van der Waals surface area contributed by atoms with E-state index in [0.29, 0.717) is 17.9 Å². The van der Waals surface area contributed by atoms with Gasteiger partial charge in [0.1, 0.15) is 0 Å². The molecule has 0 amide bonds. The maximum atomic E-state index is 12.2. The molecule has 1 heterocycles. The van der Waals surface area contributed by atoms with E-state index in [9.17, 15) is 13.2 Å². The average Bonchev–Trinajstić information content (AvgIpc) is 2.65. The molecule has 8 heteroatoms. The lowest BCUT2D eigenvalue weighted by atomic mass is 10.4. The smallest absolute Gasteiger partial charge is 0.360 e. The highest BCUT2D eigenvalue weighted by Crippen LogP contribution is 2.32. The first-order valence-electron chi connectivity index (χ1n) is 4.89. The fraction of sp³-hybridized carbons (Fsp3) is 0.750. The lowest BCUT2D eigenvalue weighted by molar-refractivity contribution is -0.138. The van der Waals surface area contributed by atoms with Gasteiger partial charge in [-0.2, -0.15) is 13.2 Å². The summed E-state index contributed by atoms with van der Waals surface area (Å²) in [5.74, 6) is 0.